The first kappa shape index (κ1) is 23.1. The molecule has 1 atom stereocenters. The van der Waals surface area contributed by atoms with Gasteiger partial charge in [-0.3, -0.25) is 0 Å². The summed E-state index contributed by atoms with van der Waals surface area (Å²) in [4.78, 5) is 6.21. The van der Waals surface area contributed by atoms with Gasteiger partial charge in [-0.25, -0.2) is 4.99 Å². The number of hydrogen-bond donors (Lipinski definition) is 2. The summed E-state index contributed by atoms with van der Waals surface area (Å²) in [6.07, 6.45) is 2.02. The number of benzene rings is 4. The Labute approximate surface area is 214 Å². The molecule has 1 aliphatic rings. The van der Waals surface area contributed by atoms with E-state index in [4.69, 9.17) is 21.3 Å². The van der Waals surface area contributed by atoms with Gasteiger partial charge in [-0.15, -0.1) is 11.8 Å². The van der Waals surface area contributed by atoms with E-state index < -0.39 is 0 Å². The van der Waals surface area contributed by atoms with E-state index in [1.165, 1.54) is 0 Å². The number of halogens is 1. The maximum atomic E-state index is 9.89. The Hall–Kier alpha value is -3.67. The molecule has 35 heavy (non-hydrogen) atoms. The van der Waals surface area contributed by atoms with E-state index >= 15 is 0 Å². The number of nitrogens with one attached hydrogen (secondary N) is 1. The molecule has 174 valence electrons. The van der Waals surface area contributed by atoms with Crippen molar-refractivity contribution >= 4 is 40.4 Å². The highest BCUT2D eigenvalue weighted by Crippen LogP contribution is 2.48. The maximum absolute atomic E-state index is 9.89. The van der Waals surface area contributed by atoms with Crippen LogP contribution in [0.1, 0.15) is 16.4 Å². The molecule has 4 aromatic carbocycles. The van der Waals surface area contributed by atoms with E-state index in [2.05, 4.69) is 23.5 Å². The standard InChI is InChI=1S/C29H23ClN2O2S/c1-34-24-16-12-22(13-17-24)31-18-25-28(19-8-14-23(33)15-9-19)32-26-4-2-3-5-27(26)35-29(25)20-6-10-21(30)11-7-20/h2-18,29,31,33H,1H3/b25-18+. The zero-order valence-electron chi connectivity index (χ0n) is 19.0. The fourth-order valence-electron chi connectivity index (χ4n) is 3.88. The van der Waals surface area contributed by atoms with Crippen molar-refractivity contribution in [1.82, 2.24) is 0 Å². The predicted octanol–water partition coefficient (Wildman–Crippen LogP) is 8.02. The quantitative estimate of drug-likeness (QED) is 0.292. The van der Waals surface area contributed by atoms with E-state index in [1.54, 1.807) is 31.0 Å². The number of anilines is 1. The molecule has 0 spiro atoms. The minimum atomic E-state index is -0.0470. The van der Waals surface area contributed by atoms with Crippen molar-refractivity contribution in [1.29, 1.82) is 0 Å². The predicted molar refractivity (Wildman–Crippen MR) is 145 cm³/mol. The number of aromatic hydroxyl groups is 1. The zero-order valence-corrected chi connectivity index (χ0v) is 20.6. The van der Waals surface area contributed by atoms with Crippen molar-refractivity contribution in [3.8, 4) is 11.5 Å². The van der Waals surface area contributed by atoms with Gasteiger partial charge in [0.1, 0.15) is 11.5 Å². The van der Waals surface area contributed by atoms with Gasteiger partial charge >= 0.3 is 0 Å². The molecule has 0 bridgehead atoms. The molecule has 0 amide bonds. The molecule has 0 aliphatic carbocycles. The van der Waals surface area contributed by atoms with Gasteiger partial charge in [0.2, 0.25) is 0 Å². The molecule has 2 N–H and O–H groups in total. The number of rotatable bonds is 5. The third-order valence-electron chi connectivity index (χ3n) is 5.70. The summed E-state index contributed by atoms with van der Waals surface area (Å²) >= 11 is 7.97. The van der Waals surface area contributed by atoms with Crippen LogP contribution in [0.4, 0.5) is 11.4 Å². The molecule has 0 aromatic heterocycles. The number of nitrogens with zero attached hydrogens (tertiary/aromatic N) is 1. The van der Waals surface area contributed by atoms with Crippen molar-refractivity contribution in [2.75, 3.05) is 12.4 Å². The van der Waals surface area contributed by atoms with Crippen LogP contribution in [0.2, 0.25) is 5.02 Å². The highest BCUT2D eigenvalue weighted by atomic mass is 35.5. The normalized spacial score (nSPS) is 16.2. The van der Waals surface area contributed by atoms with Gasteiger partial charge in [-0.1, -0.05) is 35.9 Å². The van der Waals surface area contributed by atoms with Gasteiger partial charge in [0, 0.05) is 32.9 Å². The van der Waals surface area contributed by atoms with E-state index in [-0.39, 0.29) is 11.0 Å². The summed E-state index contributed by atoms with van der Waals surface area (Å²) < 4.78 is 5.29. The van der Waals surface area contributed by atoms with Gasteiger partial charge in [0.05, 0.1) is 23.8 Å². The molecule has 0 fully saturated rings. The maximum Gasteiger partial charge on any atom is 0.119 e. The van der Waals surface area contributed by atoms with Crippen LogP contribution in [-0.4, -0.2) is 17.9 Å². The Morgan fingerprint density at radius 3 is 2.34 bits per heavy atom. The van der Waals surface area contributed by atoms with Crippen molar-refractivity contribution < 1.29 is 9.84 Å². The Balaban J connectivity index is 1.66. The fraction of sp³-hybridized carbons (Fsp3) is 0.0690. The van der Waals surface area contributed by atoms with Crippen LogP contribution in [0.15, 0.2) is 119 Å². The van der Waals surface area contributed by atoms with Gasteiger partial charge in [0.25, 0.3) is 0 Å². The van der Waals surface area contributed by atoms with Crippen molar-refractivity contribution in [3.05, 3.63) is 125 Å². The third kappa shape index (κ3) is 5.21. The molecule has 4 nitrogen and oxygen atoms in total. The molecule has 1 heterocycles. The van der Waals surface area contributed by atoms with E-state index in [0.717, 1.165) is 44.4 Å². The summed E-state index contributed by atoms with van der Waals surface area (Å²) in [5.41, 5.74) is 5.73. The van der Waals surface area contributed by atoms with Gasteiger partial charge in [-0.2, -0.15) is 0 Å². The molecule has 4 aromatic rings. The zero-order chi connectivity index (χ0) is 24.2. The van der Waals surface area contributed by atoms with Crippen molar-refractivity contribution in [3.63, 3.8) is 0 Å². The Morgan fingerprint density at radius 2 is 1.63 bits per heavy atom. The molecular formula is C29H23ClN2O2S. The molecule has 6 heteroatoms. The first-order valence-corrected chi connectivity index (χ1v) is 12.4. The second-order valence-corrected chi connectivity index (χ2v) is 9.58. The average molecular weight is 499 g/mol. The lowest BCUT2D eigenvalue weighted by atomic mass is 9.96. The summed E-state index contributed by atoms with van der Waals surface area (Å²) in [6.45, 7) is 0. The van der Waals surface area contributed by atoms with Gasteiger partial charge < -0.3 is 15.2 Å². The SMILES string of the molecule is COc1ccc(N/C=C2\C(c3ccc(O)cc3)=Nc3ccccc3SC2c2ccc(Cl)cc2)cc1. The average Bonchev–Trinajstić information content (AvgIpc) is 3.06. The first-order valence-electron chi connectivity index (χ1n) is 11.1. The topological polar surface area (TPSA) is 53.8 Å². The van der Waals surface area contributed by atoms with Crippen LogP contribution < -0.4 is 10.1 Å². The number of methoxy groups -OCH3 is 1. The Morgan fingerprint density at radius 1 is 0.914 bits per heavy atom. The second-order valence-electron chi connectivity index (χ2n) is 8.00. The number of aliphatic imine (C=N–C) groups is 1. The summed E-state index contributed by atoms with van der Waals surface area (Å²) in [6, 6.07) is 31.1. The summed E-state index contributed by atoms with van der Waals surface area (Å²) in [7, 11) is 1.65. The van der Waals surface area contributed by atoms with Crippen molar-refractivity contribution in [2.24, 2.45) is 4.99 Å². The number of thioether (sulfide) groups is 1. The number of hydrogen-bond acceptors (Lipinski definition) is 5. The third-order valence-corrected chi connectivity index (χ3v) is 7.31. The molecule has 0 saturated carbocycles. The summed E-state index contributed by atoms with van der Waals surface area (Å²) in [5.74, 6) is 1.02. The van der Waals surface area contributed by atoms with Crippen LogP contribution in [0.5, 0.6) is 11.5 Å². The first-order chi connectivity index (χ1) is 17.1. The number of para-hydroxylation sites is 1. The number of phenolic OH excluding ortho intramolecular Hbond substituents is 1. The highest BCUT2D eigenvalue weighted by molar-refractivity contribution is 8.00. The van der Waals surface area contributed by atoms with Gasteiger partial charge in [0.15, 0.2) is 0 Å². The van der Waals surface area contributed by atoms with Crippen LogP contribution in [0.25, 0.3) is 0 Å². The molecular weight excluding hydrogens is 476 g/mol. The number of phenols is 1. The molecule has 1 aliphatic heterocycles. The lowest BCUT2D eigenvalue weighted by Gasteiger charge is -2.21. The van der Waals surface area contributed by atoms with Crippen LogP contribution in [0.3, 0.4) is 0 Å². The largest absolute Gasteiger partial charge is 0.508 e. The Bertz CT molecular complexity index is 1380. The molecule has 5 rings (SSSR count). The van der Waals surface area contributed by atoms with E-state index in [1.807, 2.05) is 72.9 Å². The van der Waals surface area contributed by atoms with Crippen LogP contribution in [0, 0.1) is 0 Å². The lowest BCUT2D eigenvalue weighted by Crippen LogP contribution is -2.12. The van der Waals surface area contributed by atoms with Crippen LogP contribution in [-0.2, 0) is 0 Å². The number of ether oxygens (including phenoxy) is 1. The van der Waals surface area contributed by atoms with Crippen LogP contribution >= 0.6 is 23.4 Å². The monoisotopic (exact) mass is 498 g/mol. The highest BCUT2D eigenvalue weighted by Gasteiger charge is 2.27. The molecule has 0 saturated heterocycles. The summed E-state index contributed by atoms with van der Waals surface area (Å²) in [5, 5.41) is 14.0. The molecule has 1 unspecified atom stereocenters. The van der Waals surface area contributed by atoms with Crippen molar-refractivity contribution in [2.45, 2.75) is 10.1 Å². The lowest BCUT2D eigenvalue weighted by molar-refractivity contribution is 0.415. The van der Waals surface area contributed by atoms with E-state index in [0.29, 0.717) is 5.02 Å². The van der Waals surface area contributed by atoms with Gasteiger partial charge in [-0.05, 0) is 78.4 Å². The Kier molecular flexibility index (Phi) is 6.80. The van der Waals surface area contributed by atoms with E-state index in [9.17, 15) is 5.11 Å². The smallest absolute Gasteiger partial charge is 0.119 e. The second kappa shape index (κ2) is 10.3. The minimum Gasteiger partial charge on any atom is -0.508 e. The minimum absolute atomic E-state index is 0.0470. The fourth-order valence-corrected chi connectivity index (χ4v) is 5.25. The molecule has 0 radical (unpaired) electrons. The number of fused-ring (bicyclic) bond motifs is 1.